The molecule has 286 valence electrons. The quantitative estimate of drug-likeness (QED) is 0.0663. The average molecular weight is 804 g/mol. The summed E-state index contributed by atoms with van der Waals surface area (Å²) in [6.07, 6.45) is 0.934. The van der Waals surface area contributed by atoms with E-state index >= 15 is 0 Å². The Balaban J connectivity index is 1.32. The Bertz CT molecular complexity index is 2100. The second-order valence-electron chi connectivity index (χ2n) is 13.3. The second-order valence-corrected chi connectivity index (χ2v) is 16.1. The molecule has 1 fully saturated rings. The fourth-order valence-corrected chi connectivity index (χ4v) is 8.15. The lowest BCUT2D eigenvalue weighted by Crippen LogP contribution is -2.72. The van der Waals surface area contributed by atoms with Gasteiger partial charge in [0.15, 0.2) is 16.9 Å². The number of nitrogens with one attached hydrogen (secondary N) is 2. The summed E-state index contributed by atoms with van der Waals surface area (Å²) >= 11 is 8.49. The minimum atomic E-state index is -1.01. The number of β-lactam (4-membered cyclic amide) rings is 1. The molecule has 2 aliphatic rings. The summed E-state index contributed by atoms with van der Waals surface area (Å²) in [5.74, 6) is -2.02. The topological polar surface area (TPSA) is 187 Å². The standard InChI is InChI=1S/C38H38ClN7O7S2/c1-38(2,3)53-37(50)42-20-23-25(16-11-19-41-23)54-26-18-17-24-27(43-33(47)29(45-51-4)28-32(39)55-36(40)44-28)34(48)46(24)30(26)35(49)52-31(21-12-7-5-8-13-21)22-14-9-6-10-15-22/h5-16,19,24,27,31H,17-18,20H2,1-4H3,(H2,40,44)(H,42,50)(H,43,47). The van der Waals surface area contributed by atoms with E-state index in [0.717, 1.165) is 22.5 Å². The Kier molecular flexibility index (Phi) is 12.1. The van der Waals surface area contributed by atoms with Crippen molar-refractivity contribution in [2.24, 2.45) is 5.16 Å². The van der Waals surface area contributed by atoms with Crippen LogP contribution in [0.15, 0.2) is 99.6 Å². The highest BCUT2D eigenvalue weighted by Crippen LogP contribution is 2.45. The van der Waals surface area contributed by atoms with Gasteiger partial charge in [0.1, 0.15) is 34.5 Å². The zero-order valence-electron chi connectivity index (χ0n) is 30.3. The summed E-state index contributed by atoms with van der Waals surface area (Å²) in [5, 5.41) is 9.40. The normalized spacial score (nSPS) is 16.9. The van der Waals surface area contributed by atoms with E-state index in [1.165, 1.54) is 23.8 Å². The Hall–Kier alpha value is -5.45. The van der Waals surface area contributed by atoms with Crippen LogP contribution in [0, 0.1) is 0 Å². The molecule has 2 atom stereocenters. The van der Waals surface area contributed by atoms with Gasteiger partial charge in [0.2, 0.25) is 0 Å². The summed E-state index contributed by atoms with van der Waals surface area (Å²) in [4.78, 5) is 70.7. The average Bonchev–Trinajstić information content (AvgIpc) is 3.50. The lowest BCUT2D eigenvalue weighted by Gasteiger charge is -2.50. The molecule has 0 bridgehead atoms. The number of fused-ring (bicyclic) bond motifs is 1. The number of nitrogens with zero attached hydrogens (tertiary/aromatic N) is 4. The number of ether oxygens (including phenoxy) is 2. The van der Waals surface area contributed by atoms with Gasteiger partial charge in [-0.25, -0.2) is 14.6 Å². The zero-order chi connectivity index (χ0) is 39.3. The Morgan fingerprint density at radius 2 is 1.75 bits per heavy atom. The maximum absolute atomic E-state index is 14.5. The van der Waals surface area contributed by atoms with Crippen LogP contribution in [0.25, 0.3) is 0 Å². The first-order valence-corrected chi connectivity index (χ1v) is 19.2. The number of aromatic nitrogens is 2. The molecular weight excluding hydrogens is 766 g/mol. The third-order valence-corrected chi connectivity index (χ3v) is 10.7. The lowest BCUT2D eigenvalue weighted by molar-refractivity contribution is -0.158. The van der Waals surface area contributed by atoms with Crippen molar-refractivity contribution < 1.29 is 33.5 Å². The predicted octanol–water partition coefficient (Wildman–Crippen LogP) is 5.98. The molecule has 2 aromatic carbocycles. The number of allylic oxidation sites excluding steroid dienone is 1. The molecule has 2 aliphatic heterocycles. The van der Waals surface area contributed by atoms with Crippen molar-refractivity contribution in [2.45, 2.75) is 68.8 Å². The minimum Gasteiger partial charge on any atom is -0.448 e. The number of alkyl carbamates (subject to hydrolysis) is 1. The van der Waals surface area contributed by atoms with Crippen LogP contribution in [0.2, 0.25) is 4.34 Å². The summed E-state index contributed by atoms with van der Waals surface area (Å²) in [7, 11) is 1.26. The fourth-order valence-electron chi connectivity index (χ4n) is 6.07. The Labute approximate surface area is 330 Å². The van der Waals surface area contributed by atoms with Crippen LogP contribution < -0.4 is 16.4 Å². The van der Waals surface area contributed by atoms with Crippen molar-refractivity contribution in [3.63, 3.8) is 0 Å². The molecule has 55 heavy (non-hydrogen) atoms. The van der Waals surface area contributed by atoms with Crippen LogP contribution in [0.1, 0.15) is 62.2 Å². The van der Waals surface area contributed by atoms with E-state index in [9.17, 15) is 19.2 Å². The van der Waals surface area contributed by atoms with Gasteiger partial charge in [-0.1, -0.05) is 101 Å². The maximum atomic E-state index is 14.5. The fraction of sp³-hybridized carbons (Fsp3) is 0.289. The molecule has 3 amide bonds. The Morgan fingerprint density at radius 1 is 1.07 bits per heavy atom. The van der Waals surface area contributed by atoms with Gasteiger partial charge in [-0.05, 0) is 56.9 Å². The van der Waals surface area contributed by atoms with Crippen molar-refractivity contribution in [2.75, 3.05) is 12.8 Å². The van der Waals surface area contributed by atoms with Crippen molar-refractivity contribution in [3.8, 4) is 0 Å². The summed E-state index contributed by atoms with van der Waals surface area (Å²) in [6.45, 7) is 5.35. The van der Waals surface area contributed by atoms with Crippen LogP contribution in [0.4, 0.5) is 9.93 Å². The number of nitrogens with two attached hydrogens (primary N) is 1. The lowest BCUT2D eigenvalue weighted by atomic mass is 9.86. The molecule has 4 aromatic rings. The SMILES string of the molecule is CON=C(C(=O)NC1C(=O)N2C(C(=O)OC(c3ccccc3)c3ccccc3)=C(Sc3cccnc3CNC(=O)OC(C)(C)C)CCC12)c1nc(N)sc1Cl. The first kappa shape index (κ1) is 39.2. The number of benzene rings is 2. The van der Waals surface area contributed by atoms with Gasteiger partial charge < -0.3 is 30.7 Å². The number of pyridine rings is 1. The van der Waals surface area contributed by atoms with Gasteiger partial charge in [-0.15, -0.1) is 0 Å². The smallest absolute Gasteiger partial charge is 0.407 e. The van der Waals surface area contributed by atoms with E-state index in [0.29, 0.717) is 28.3 Å². The molecule has 0 saturated carbocycles. The van der Waals surface area contributed by atoms with Crippen molar-refractivity contribution in [3.05, 3.63) is 116 Å². The molecule has 2 unspecified atom stereocenters. The van der Waals surface area contributed by atoms with E-state index in [4.69, 9.17) is 31.6 Å². The number of carbonyl (C=O) groups excluding carboxylic acids is 4. The number of rotatable bonds is 12. The molecule has 4 N–H and O–H groups in total. The van der Waals surface area contributed by atoms with Crippen LogP contribution in [-0.2, 0) is 35.2 Å². The third kappa shape index (κ3) is 9.10. The number of esters is 1. The minimum absolute atomic E-state index is 0.0138. The predicted molar refractivity (Wildman–Crippen MR) is 208 cm³/mol. The molecule has 1 saturated heterocycles. The summed E-state index contributed by atoms with van der Waals surface area (Å²) in [6, 6.07) is 20.5. The van der Waals surface area contributed by atoms with Gasteiger partial charge in [0, 0.05) is 16.0 Å². The first-order chi connectivity index (χ1) is 26.3. The molecule has 4 heterocycles. The van der Waals surface area contributed by atoms with Crippen molar-refractivity contribution >= 4 is 69.4 Å². The highest BCUT2D eigenvalue weighted by Gasteiger charge is 2.54. The number of hydrogen-bond acceptors (Lipinski definition) is 13. The van der Waals surface area contributed by atoms with E-state index in [1.807, 2.05) is 66.7 Å². The molecule has 0 radical (unpaired) electrons. The largest absolute Gasteiger partial charge is 0.448 e. The number of amides is 3. The number of hydrogen-bond donors (Lipinski definition) is 3. The van der Waals surface area contributed by atoms with Gasteiger partial charge in [-0.2, -0.15) is 0 Å². The van der Waals surface area contributed by atoms with Crippen LogP contribution in [0.5, 0.6) is 0 Å². The molecular formula is C38H38ClN7O7S2. The van der Waals surface area contributed by atoms with Crippen LogP contribution >= 0.6 is 34.7 Å². The van der Waals surface area contributed by atoms with Crippen molar-refractivity contribution in [1.29, 1.82) is 0 Å². The summed E-state index contributed by atoms with van der Waals surface area (Å²) in [5.41, 5.74) is 6.91. The molecule has 0 spiro atoms. The number of nitrogen functional groups attached to an aromatic ring is 1. The molecule has 0 aliphatic carbocycles. The monoisotopic (exact) mass is 803 g/mol. The van der Waals surface area contributed by atoms with E-state index in [-0.39, 0.29) is 33.1 Å². The van der Waals surface area contributed by atoms with Gasteiger partial charge in [0.05, 0.1) is 18.3 Å². The van der Waals surface area contributed by atoms with Gasteiger partial charge >= 0.3 is 12.1 Å². The molecule has 17 heteroatoms. The van der Waals surface area contributed by atoms with Gasteiger partial charge in [-0.3, -0.25) is 19.5 Å². The Morgan fingerprint density at radius 3 is 2.35 bits per heavy atom. The number of thiazole rings is 1. The van der Waals surface area contributed by atoms with Crippen LogP contribution in [-0.4, -0.2) is 69.3 Å². The van der Waals surface area contributed by atoms with E-state index < -0.39 is 47.7 Å². The maximum Gasteiger partial charge on any atom is 0.407 e. The zero-order valence-corrected chi connectivity index (χ0v) is 32.7. The molecule has 6 rings (SSSR count). The van der Waals surface area contributed by atoms with Gasteiger partial charge in [0.25, 0.3) is 11.8 Å². The number of oxime groups is 1. The second kappa shape index (κ2) is 16.9. The van der Waals surface area contributed by atoms with Crippen molar-refractivity contribution in [1.82, 2.24) is 25.5 Å². The molecule has 14 nitrogen and oxygen atoms in total. The highest BCUT2D eigenvalue weighted by atomic mass is 35.5. The number of halogens is 1. The molecule has 2 aromatic heterocycles. The summed E-state index contributed by atoms with van der Waals surface area (Å²) < 4.78 is 11.8. The van der Waals surface area contributed by atoms with E-state index in [2.05, 4.69) is 25.8 Å². The van der Waals surface area contributed by atoms with Crippen LogP contribution in [0.3, 0.4) is 0 Å². The number of anilines is 1. The first-order valence-electron chi connectivity index (χ1n) is 17.1. The number of thioether (sulfide) groups is 1. The third-order valence-electron chi connectivity index (χ3n) is 8.41. The number of carbonyl (C=O) groups is 4. The van der Waals surface area contributed by atoms with E-state index in [1.54, 1.807) is 33.0 Å². The highest BCUT2D eigenvalue weighted by molar-refractivity contribution is 8.03.